The molecule has 0 saturated carbocycles. The lowest BCUT2D eigenvalue weighted by atomic mass is 9.91. The van der Waals surface area contributed by atoms with E-state index in [4.69, 9.17) is 0 Å². The predicted molar refractivity (Wildman–Crippen MR) is 161 cm³/mol. The van der Waals surface area contributed by atoms with Gasteiger partial charge in [0.1, 0.15) is 11.2 Å². The molecule has 212 valence electrons. The van der Waals surface area contributed by atoms with Gasteiger partial charge in [-0.15, -0.1) is 0 Å². The summed E-state index contributed by atoms with van der Waals surface area (Å²) in [4.78, 5) is 48.3. The second-order valence-electron chi connectivity index (χ2n) is 11.1. The number of nitrogens with one attached hydrogen (secondary N) is 2. The van der Waals surface area contributed by atoms with Crippen LogP contribution in [0.15, 0.2) is 78.9 Å². The maximum absolute atomic E-state index is 13.5. The van der Waals surface area contributed by atoms with Gasteiger partial charge in [-0.05, 0) is 68.2 Å². The number of rotatable bonds is 10. The Bertz CT molecular complexity index is 1560. The van der Waals surface area contributed by atoms with Crippen LogP contribution in [0.1, 0.15) is 39.7 Å². The van der Waals surface area contributed by atoms with Gasteiger partial charge in [0.15, 0.2) is 0 Å². The predicted octanol–water partition coefficient (Wildman–Crippen LogP) is 4.55. The summed E-state index contributed by atoms with van der Waals surface area (Å²) in [5.74, 6) is -0.361. The minimum absolute atomic E-state index is 0.142. The SMILES string of the molecule is CN(C)CCc1c(C(=O)NCc2ccccc2)[nH]c2ccc(CCN3C(=O)N(C)C(C)(c4ccccc4)C3=O)cc12. The number of H-pyrrole nitrogens is 1. The van der Waals surface area contributed by atoms with Crippen LogP contribution in [0.3, 0.4) is 0 Å². The van der Waals surface area contributed by atoms with Crippen LogP contribution in [0.4, 0.5) is 4.79 Å². The maximum Gasteiger partial charge on any atom is 0.327 e. The quantitative estimate of drug-likeness (QED) is 0.283. The minimum atomic E-state index is -1.04. The van der Waals surface area contributed by atoms with Crippen molar-refractivity contribution in [1.29, 1.82) is 0 Å². The molecule has 0 spiro atoms. The number of urea groups is 1. The molecule has 1 aromatic heterocycles. The van der Waals surface area contributed by atoms with E-state index in [1.54, 1.807) is 14.0 Å². The van der Waals surface area contributed by atoms with Crippen LogP contribution in [-0.4, -0.2) is 71.8 Å². The van der Waals surface area contributed by atoms with Gasteiger partial charge in [-0.3, -0.25) is 14.5 Å². The zero-order chi connectivity index (χ0) is 29.1. The molecular formula is C33H37N5O3. The van der Waals surface area contributed by atoms with Gasteiger partial charge in [-0.1, -0.05) is 66.7 Å². The van der Waals surface area contributed by atoms with Crippen LogP contribution in [0.2, 0.25) is 0 Å². The number of hydrogen-bond donors (Lipinski definition) is 2. The van der Waals surface area contributed by atoms with Crippen LogP contribution in [0.25, 0.3) is 10.9 Å². The Labute approximate surface area is 240 Å². The summed E-state index contributed by atoms with van der Waals surface area (Å²) in [6, 6.07) is 25.0. The topological polar surface area (TPSA) is 88.8 Å². The number of hydrogen-bond acceptors (Lipinski definition) is 4. The Balaban J connectivity index is 1.37. The molecule has 1 fully saturated rings. The molecule has 0 radical (unpaired) electrons. The van der Waals surface area contributed by atoms with Gasteiger partial charge in [0.2, 0.25) is 0 Å². The molecule has 8 nitrogen and oxygen atoms in total. The number of likely N-dealkylation sites (N-methyl/N-ethyl adjacent to an activating group) is 2. The average Bonchev–Trinajstić information content (AvgIpc) is 3.43. The monoisotopic (exact) mass is 551 g/mol. The fourth-order valence-corrected chi connectivity index (χ4v) is 5.49. The van der Waals surface area contributed by atoms with E-state index in [9.17, 15) is 14.4 Å². The van der Waals surface area contributed by atoms with Crippen molar-refractivity contribution in [2.45, 2.75) is 31.8 Å². The number of fused-ring (bicyclic) bond motifs is 1. The summed E-state index contributed by atoms with van der Waals surface area (Å²) in [6.45, 7) is 3.31. The number of imide groups is 1. The van der Waals surface area contributed by atoms with Crippen molar-refractivity contribution >= 4 is 28.7 Å². The number of nitrogens with zero attached hydrogens (tertiary/aromatic N) is 3. The molecule has 1 atom stereocenters. The smallest absolute Gasteiger partial charge is 0.327 e. The number of aromatic nitrogens is 1. The number of carbonyl (C=O) groups excluding carboxylic acids is 3. The fraction of sp³-hybridized carbons (Fsp3) is 0.303. The van der Waals surface area contributed by atoms with Crippen molar-refractivity contribution in [3.63, 3.8) is 0 Å². The fourth-order valence-electron chi connectivity index (χ4n) is 5.49. The molecule has 2 heterocycles. The lowest BCUT2D eigenvalue weighted by Crippen LogP contribution is -2.42. The molecule has 1 aliphatic rings. The van der Waals surface area contributed by atoms with Gasteiger partial charge in [0.25, 0.3) is 11.8 Å². The number of amides is 4. The van der Waals surface area contributed by atoms with Crippen molar-refractivity contribution in [2.75, 3.05) is 34.2 Å². The third kappa shape index (κ3) is 5.47. The first-order chi connectivity index (χ1) is 19.7. The molecule has 1 unspecified atom stereocenters. The van der Waals surface area contributed by atoms with E-state index in [1.165, 1.54) is 9.80 Å². The van der Waals surface area contributed by atoms with Crippen LogP contribution in [0, 0.1) is 0 Å². The molecule has 4 aromatic rings. The lowest BCUT2D eigenvalue weighted by Gasteiger charge is -2.28. The molecule has 1 aliphatic heterocycles. The summed E-state index contributed by atoms with van der Waals surface area (Å²) < 4.78 is 0. The van der Waals surface area contributed by atoms with Crippen LogP contribution in [-0.2, 0) is 29.7 Å². The highest BCUT2D eigenvalue weighted by Crippen LogP contribution is 2.36. The standard InChI is InChI=1S/C33H37N5O3/c1-33(25-13-9-6-10-14-25)31(40)38(32(41)37(33)4)20-17-23-15-16-28-27(21-23)26(18-19-36(2)3)29(35-28)30(39)34-22-24-11-7-5-8-12-24/h5-16,21,35H,17-20,22H2,1-4H3,(H,34,39). The van der Waals surface area contributed by atoms with Gasteiger partial charge in [0.05, 0.1) is 0 Å². The first kappa shape index (κ1) is 28.1. The van der Waals surface area contributed by atoms with E-state index >= 15 is 0 Å². The normalized spacial score (nSPS) is 17.2. The van der Waals surface area contributed by atoms with Gasteiger partial charge in [0, 0.05) is 37.6 Å². The third-order valence-electron chi connectivity index (χ3n) is 8.11. The van der Waals surface area contributed by atoms with Gasteiger partial charge in [-0.2, -0.15) is 0 Å². The van der Waals surface area contributed by atoms with E-state index in [-0.39, 0.29) is 24.4 Å². The van der Waals surface area contributed by atoms with Crippen molar-refractivity contribution in [3.05, 3.63) is 107 Å². The molecule has 0 aliphatic carbocycles. The highest BCUT2D eigenvalue weighted by atomic mass is 16.2. The first-order valence-corrected chi connectivity index (χ1v) is 14.0. The molecule has 8 heteroatoms. The Morgan fingerprint density at radius 2 is 1.61 bits per heavy atom. The van der Waals surface area contributed by atoms with E-state index in [2.05, 4.69) is 21.3 Å². The summed E-state index contributed by atoms with van der Waals surface area (Å²) in [7, 11) is 5.71. The molecule has 5 rings (SSSR count). The van der Waals surface area contributed by atoms with Gasteiger partial charge < -0.3 is 20.1 Å². The van der Waals surface area contributed by atoms with Gasteiger partial charge >= 0.3 is 6.03 Å². The summed E-state index contributed by atoms with van der Waals surface area (Å²) in [5.41, 5.74) is 4.21. The highest BCUT2D eigenvalue weighted by molar-refractivity contribution is 6.07. The van der Waals surface area contributed by atoms with Crippen LogP contribution < -0.4 is 5.32 Å². The summed E-state index contributed by atoms with van der Waals surface area (Å²) >= 11 is 0. The molecule has 1 saturated heterocycles. The van der Waals surface area contributed by atoms with Crippen molar-refractivity contribution in [3.8, 4) is 0 Å². The molecular weight excluding hydrogens is 514 g/mol. The minimum Gasteiger partial charge on any atom is -0.350 e. The third-order valence-corrected chi connectivity index (χ3v) is 8.11. The largest absolute Gasteiger partial charge is 0.350 e. The highest BCUT2D eigenvalue weighted by Gasteiger charge is 2.53. The number of carbonyl (C=O) groups is 3. The molecule has 3 aromatic carbocycles. The van der Waals surface area contributed by atoms with Gasteiger partial charge in [-0.25, -0.2) is 4.79 Å². The Hall–Kier alpha value is -4.43. The average molecular weight is 552 g/mol. The second kappa shape index (κ2) is 11.6. The summed E-state index contributed by atoms with van der Waals surface area (Å²) in [5, 5.41) is 4.03. The molecule has 4 amide bonds. The van der Waals surface area contributed by atoms with E-state index < -0.39 is 5.54 Å². The van der Waals surface area contributed by atoms with E-state index in [0.29, 0.717) is 25.1 Å². The van der Waals surface area contributed by atoms with Crippen molar-refractivity contribution < 1.29 is 14.4 Å². The second-order valence-corrected chi connectivity index (χ2v) is 11.1. The number of benzene rings is 3. The van der Waals surface area contributed by atoms with E-state index in [0.717, 1.165) is 39.7 Å². The molecule has 0 bridgehead atoms. The maximum atomic E-state index is 13.5. The Morgan fingerprint density at radius 1 is 0.927 bits per heavy atom. The van der Waals surface area contributed by atoms with Crippen LogP contribution >= 0.6 is 0 Å². The zero-order valence-electron chi connectivity index (χ0n) is 24.1. The van der Waals surface area contributed by atoms with Crippen LogP contribution in [0.5, 0.6) is 0 Å². The zero-order valence-corrected chi connectivity index (χ0v) is 24.1. The van der Waals surface area contributed by atoms with E-state index in [1.807, 2.05) is 86.9 Å². The van der Waals surface area contributed by atoms with Crippen molar-refractivity contribution in [2.24, 2.45) is 0 Å². The lowest BCUT2D eigenvalue weighted by molar-refractivity contribution is -0.132. The number of aromatic amines is 1. The summed E-state index contributed by atoms with van der Waals surface area (Å²) in [6.07, 6.45) is 1.22. The van der Waals surface area contributed by atoms with Crippen molar-refractivity contribution in [1.82, 2.24) is 25.0 Å². The molecule has 41 heavy (non-hydrogen) atoms. The Kier molecular flexibility index (Phi) is 7.94. The first-order valence-electron chi connectivity index (χ1n) is 14.0. The Morgan fingerprint density at radius 3 is 2.29 bits per heavy atom. The molecule has 2 N–H and O–H groups in total.